The Labute approximate surface area is 90.9 Å². The van der Waals surface area contributed by atoms with Gasteiger partial charge in [-0.1, -0.05) is 0 Å². The molecule has 0 amide bonds. The molecule has 0 aromatic carbocycles. The molecule has 0 radical (unpaired) electrons. The van der Waals surface area contributed by atoms with Gasteiger partial charge in [0.15, 0.2) is 5.78 Å². The largest absolute Gasteiger partial charge is 0.465 e. The van der Waals surface area contributed by atoms with E-state index in [1.54, 1.807) is 34.6 Å². The smallest absolute Gasteiger partial charge is 0.319 e. The Bertz CT molecular complexity index is 253. The quantitative estimate of drug-likeness (QED) is 0.517. The van der Waals surface area contributed by atoms with Gasteiger partial charge in [0.25, 0.3) is 0 Å². The Kier molecular flexibility index (Phi) is 4.46. The molecule has 88 valence electrons. The van der Waals surface area contributed by atoms with Crippen molar-refractivity contribution in [2.45, 2.75) is 40.2 Å². The highest BCUT2D eigenvalue weighted by molar-refractivity contribution is 6.06. The summed E-state index contributed by atoms with van der Waals surface area (Å²) >= 11 is 0. The van der Waals surface area contributed by atoms with E-state index in [1.165, 1.54) is 7.11 Å². The average Bonchev–Trinajstić information content (AvgIpc) is 2.17. The summed E-state index contributed by atoms with van der Waals surface area (Å²) in [5.41, 5.74) is -2.15. The van der Waals surface area contributed by atoms with E-state index < -0.39 is 17.0 Å². The summed E-state index contributed by atoms with van der Waals surface area (Å²) in [5, 5.41) is 0. The van der Waals surface area contributed by atoms with Gasteiger partial charge in [0.05, 0.1) is 6.61 Å². The van der Waals surface area contributed by atoms with Gasteiger partial charge in [-0.05, 0) is 34.6 Å². The topological polar surface area (TPSA) is 52.6 Å². The predicted octanol–water partition coefficient (Wildman–Crippen LogP) is 1.57. The molecule has 0 bridgehead atoms. The van der Waals surface area contributed by atoms with Crippen LogP contribution in [0.15, 0.2) is 0 Å². The Morgan fingerprint density at radius 2 is 1.60 bits per heavy atom. The molecule has 0 aliphatic rings. The van der Waals surface area contributed by atoms with Gasteiger partial charge >= 0.3 is 5.97 Å². The maximum absolute atomic E-state index is 12.0. The van der Waals surface area contributed by atoms with Crippen LogP contribution in [0.2, 0.25) is 0 Å². The lowest BCUT2D eigenvalue weighted by molar-refractivity contribution is -0.165. The first-order valence-electron chi connectivity index (χ1n) is 4.97. The second-order valence-corrected chi connectivity index (χ2v) is 4.39. The molecule has 0 rings (SSSR count). The van der Waals surface area contributed by atoms with Crippen molar-refractivity contribution in [1.29, 1.82) is 0 Å². The summed E-state index contributed by atoms with van der Waals surface area (Å²) < 4.78 is 9.91. The van der Waals surface area contributed by atoms with Crippen molar-refractivity contribution in [3.63, 3.8) is 0 Å². The minimum atomic E-state index is -1.17. The molecule has 0 aliphatic heterocycles. The maximum Gasteiger partial charge on any atom is 0.319 e. The summed E-state index contributed by atoms with van der Waals surface area (Å²) in [7, 11) is 1.44. The molecule has 0 unspecified atom stereocenters. The number of ketones is 1. The van der Waals surface area contributed by atoms with Crippen molar-refractivity contribution in [2.75, 3.05) is 13.7 Å². The van der Waals surface area contributed by atoms with Crippen molar-refractivity contribution in [3.05, 3.63) is 0 Å². The molecule has 0 aromatic heterocycles. The molecule has 4 heteroatoms. The molecular weight excluding hydrogens is 196 g/mol. The fourth-order valence-electron chi connectivity index (χ4n) is 1.25. The van der Waals surface area contributed by atoms with E-state index in [0.717, 1.165) is 0 Å². The molecule has 0 aromatic rings. The highest BCUT2D eigenvalue weighted by Gasteiger charge is 2.45. The monoisotopic (exact) mass is 216 g/mol. The summed E-state index contributed by atoms with van der Waals surface area (Å²) in [5.74, 6) is -0.795. The molecule has 0 fully saturated rings. The van der Waals surface area contributed by atoms with Crippen LogP contribution < -0.4 is 0 Å². The molecular formula is C11H20O4. The van der Waals surface area contributed by atoms with Crippen LogP contribution in [0.5, 0.6) is 0 Å². The number of ether oxygens (including phenoxy) is 2. The molecule has 0 heterocycles. The van der Waals surface area contributed by atoms with Crippen LogP contribution in [0.4, 0.5) is 0 Å². The van der Waals surface area contributed by atoms with Crippen LogP contribution in [0, 0.1) is 5.41 Å². The number of carbonyl (C=O) groups excluding carboxylic acids is 2. The van der Waals surface area contributed by atoms with Gasteiger partial charge < -0.3 is 9.47 Å². The van der Waals surface area contributed by atoms with Crippen LogP contribution in [-0.2, 0) is 19.1 Å². The predicted molar refractivity (Wildman–Crippen MR) is 56.5 cm³/mol. The van der Waals surface area contributed by atoms with Gasteiger partial charge in [-0.25, -0.2) is 0 Å². The van der Waals surface area contributed by atoms with E-state index in [9.17, 15) is 9.59 Å². The normalized spacial score (nSPS) is 12.4. The summed E-state index contributed by atoms with van der Waals surface area (Å²) in [6.07, 6.45) is 0. The van der Waals surface area contributed by atoms with Gasteiger partial charge in [-0.15, -0.1) is 0 Å². The zero-order chi connectivity index (χ0) is 12.3. The Balaban J connectivity index is 4.88. The van der Waals surface area contributed by atoms with E-state index in [-0.39, 0.29) is 12.4 Å². The molecule has 15 heavy (non-hydrogen) atoms. The number of hydrogen-bond donors (Lipinski definition) is 0. The van der Waals surface area contributed by atoms with E-state index in [4.69, 9.17) is 9.47 Å². The molecule has 0 saturated heterocycles. The second-order valence-electron chi connectivity index (χ2n) is 4.39. The summed E-state index contributed by atoms with van der Waals surface area (Å²) in [6.45, 7) is 8.34. The van der Waals surface area contributed by atoms with Crippen LogP contribution >= 0.6 is 0 Å². The van der Waals surface area contributed by atoms with Crippen LogP contribution in [-0.4, -0.2) is 31.1 Å². The first-order chi connectivity index (χ1) is 6.70. The third-order valence-electron chi connectivity index (χ3n) is 2.41. The van der Waals surface area contributed by atoms with Crippen LogP contribution in [0.1, 0.15) is 34.6 Å². The van der Waals surface area contributed by atoms with Crippen molar-refractivity contribution in [3.8, 4) is 0 Å². The molecule has 0 saturated carbocycles. The molecule has 0 atom stereocenters. The molecule has 0 spiro atoms. The SMILES string of the molecule is CCOC(=O)C(C)(C)C(=O)C(C)(C)OC. The Morgan fingerprint density at radius 3 is 1.93 bits per heavy atom. The van der Waals surface area contributed by atoms with Gasteiger partial charge in [0.1, 0.15) is 11.0 Å². The third kappa shape index (κ3) is 3.02. The molecule has 4 nitrogen and oxygen atoms in total. The standard InChI is InChI=1S/C11H20O4/c1-7-15-9(13)10(2,3)8(12)11(4,5)14-6/h7H2,1-6H3. The van der Waals surface area contributed by atoms with Crippen molar-refractivity contribution >= 4 is 11.8 Å². The van der Waals surface area contributed by atoms with E-state index >= 15 is 0 Å². The number of Topliss-reactive ketones (excluding diaryl/α,β-unsaturated/α-hetero) is 1. The number of methoxy groups -OCH3 is 1. The summed E-state index contributed by atoms with van der Waals surface area (Å²) in [4.78, 5) is 23.6. The number of hydrogen-bond acceptors (Lipinski definition) is 4. The number of esters is 1. The number of rotatable bonds is 5. The fraction of sp³-hybridized carbons (Fsp3) is 0.818. The lowest BCUT2D eigenvalue weighted by Crippen LogP contribution is -2.47. The lowest BCUT2D eigenvalue weighted by atomic mass is 9.80. The summed E-state index contributed by atoms with van der Waals surface area (Å²) in [6, 6.07) is 0. The first kappa shape index (κ1) is 14.1. The Morgan fingerprint density at radius 1 is 1.13 bits per heavy atom. The zero-order valence-corrected chi connectivity index (χ0v) is 10.3. The first-order valence-corrected chi connectivity index (χ1v) is 4.97. The van der Waals surface area contributed by atoms with E-state index in [2.05, 4.69) is 0 Å². The van der Waals surface area contributed by atoms with Crippen LogP contribution in [0.3, 0.4) is 0 Å². The fourth-order valence-corrected chi connectivity index (χ4v) is 1.25. The van der Waals surface area contributed by atoms with Gasteiger partial charge in [-0.3, -0.25) is 9.59 Å². The van der Waals surface area contributed by atoms with Gasteiger partial charge in [0.2, 0.25) is 0 Å². The highest BCUT2D eigenvalue weighted by Crippen LogP contribution is 2.27. The second kappa shape index (κ2) is 4.75. The average molecular weight is 216 g/mol. The minimum Gasteiger partial charge on any atom is -0.465 e. The zero-order valence-electron chi connectivity index (χ0n) is 10.3. The third-order valence-corrected chi connectivity index (χ3v) is 2.41. The Hall–Kier alpha value is -0.900. The number of carbonyl (C=O) groups is 2. The van der Waals surface area contributed by atoms with Gasteiger partial charge in [-0.2, -0.15) is 0 Å². The highest BCUT2D eigenvalue weighted by atomic mass is 16.5. The minimum absolute atomic E-state index is 0.267. The maximum atomic E-state index is 12.0. The lowest BCUT2D eigenvalue weighted by Gasteiger charge is -2.30. The van der Waals surface area contributed by atoms with Gasteiger partial charge in [0, 0.05) is 7.11 Å². The molecule has 0 aliphatic carbocycles. The van der Waals surface area contributed by atoms with Crippen LogP contribution in [0.25, 0.3) is 0 Å². The molecule has 0 N–H and O–H groups in total. The van der Waals surface area contributed by atoms with E-state index in [1.807, 2.05) is 0 Å². The van der Waals surface area contributed by atoms with Crippen molar-refractivity contribution < 1.29 is 19.1 Å². The van der Waals surface area contributed by atoms with E-state index in [0.29, 0.717) is 0 Å². The van der Waals surface area contributed by atoms with Crippen molar-refractivity contribution in [1.82, 2.24) is 0 Å². The van der Waals surface area contributed by atoms with Crippen molar-refractivity contribution in [2.24, 2.45) is 5.41 Å².